The highest BCUT2D eigenvalue weighted by Crippen LogP contribution is 2.23. The van der Waals surface area contributed by atoms with Gasteiger partial charge in [-0.3, -0.25) is 0 Å². The monoisotopic (exact) mass is 281 g/mol. The summed E-state index contributed by atoms with van der Waals surface area (Å²) in [5.74, 6) is 3.50. The Bertz CT molecular complexity index is 371. The molecule has 0 fully saturated rings. The van der Waals surface area contributed by atoms with Gasteiger partial charge < -0.3 is 10.5 Å². The Morgan fingerprint density at radius 3 is 2.94 bits per heavy atom. The molecule has 1 aromatic carbocycles. The van der Waals surface area contributed by atoms with Gasteiger partial charge in [0.15, 0.2) is 0 Å². The van der Waals surface area contributed by atoms with Crippen molar-refractivity contribution in [2.45, 2.75) is 19.3 Å². The van der Waals surface area contributed by atoms with Gasteiger partial charge >= 0.3 is 0 Å². The Morgan fingerprint density at radius 2 is 2.25 bits per heavy atom. The number of ether oxygens (including phenoxy) is 1. The molecule has 0 aromatic heterocycles. The van der Waals surface area contributed by atoms with Crippen LogP contribution in [0.15, 0.2) is 22.7 Å². The molecule has 0 unspecified atom stereocenters. The normalized spacial score (nSPS) is 9.81. The summed E-state index contributed by atoms with van der Waals surface area (Å²) in [5.41, 5.74) is 6.70. The predicted molar refractivity (Wildman–Crippen MR) is 70.5 cm³/mol. The third kappa shape index (κ3) is 4.26. The second-order valence-electron chi connectivity index (χ2n) is 3.45. The number of nitrogens with two attached hydrogens (primary N) is 1. The van der Waals surface area contributed by atoms with Crippen LogP contribution in [0.2, 0.25) is 0 Å². The quantitative estimate of drug-likeness (QED) is 0.643. The first-order chi connectivity index (χ1) is 7.77. The molecule has 0 atom stereocenters. The molecular formula is C13H16BrNO. The van der Waals surface area contributed by atoms with Crippen molar-refractivity contribution in [3.05, 3.63) is 28.2 Å². The van der Waals surface area contributed by atoms with E-state index in [4.69, 9.17) is 16.9 Å². The molecule has 16 heavy (non-hydrogen) atoms. The highest BCUT2D eigenvalue weighted by molar-refractivity contribution is 9.10. The third-order valence-corrected chi connectivity index (χ3v) is 2.65. The van der Waals surface area contributed by atoms with Crippen LogP contribution in [-0.2, 0) is 6.42 Å². The average Bonchev–Trinajstić information content (AvgIpc) is 2.27. The van der Waals surface area contributed by atoms with Crippen LogP contribution in [0.3, 0.4) is 0 Å². The van der Waals surface area contributed by atoms with Gasteiger partial charge in [-0.05, 0) is 43.1 Å². The fourth-order valence-corrected chi connectivity index (χ4v) is 1.80. The Balaban J connectivity index is 2.60. The highest BCUT2D eigenvalue weighted by atomic mass is 79.9. The van der Waals surface area contributed by atoms with E-state index in [1.165, 1.54) is 0 Å². The van der Waals surface area contributed by atoms with E-state index in [9.17, 15) is 0 Å². The maximum atomic E-state index is 5.67. The Kier molecular flexibility index (Phi) is 5.99. The third-order valence-electron chi connectivity index (χ3n) is 2.16. The summed E-state index contributed by atoms with van der Waals surface area (Å²) in [6.07, 6.45) is 7.64. The predicted octanol–water partition coefficient (Wildman–Crippen LogP) is 2.74. The van der Waals surface area contributed by atoms with Crippen LogP contribution in [0, 0.1) is 12.3 Å². The molecule has 0 aliphatic rings. The molecule has 0 spiro atoms. The minimum atomic E-state index is 0.622. The lowest BCUT2D eigenvalue weighted by atomic mass is 10.1. The SMILES string of the molecule is C#CCCCOc1ccc(Br)cc1CCN. The van der Waals surface area contributed by atoms with Crippen molar-refractivity contribution in [3.8, 4) is 18.1 Å². The van der Waals surface area contributed by atoms with E-state index in [2.05, 4.69) is 21.9 Å². The molecule has 0 saturated carbocycles. The summed E-state index contributed by atoms with van der Waals surface area (Å²) in [7, 11) is 0. The molecule has 1 aromatic rings. The lowest BCUT2D eigenvalue weighted by molar-refractivity contribution is 0.310. The van der Waals surface area contributed by atoms with Crippen LogP contribution in [0.5, 0.6) is 5.75 Å². The molecule has 2 N–H and O–H groups in total. The van der Waals surface area contributed by atoms with Crippen LogP contribution >= 0.6 is 15.9 Å². The van der Waals surface area contributed by atoms with Gasteiger partial charge in [0.05, 0.1) is 6.61 Å². The standard InChI is InChI=1S/C13H16BrNO/c1-2-3-4-9-16-13-6-5-12(14)10-11(13)7-8-15/h1,5-6,10H,3-4,7-9,15H2. The van der Waals surface area contributed by atoms with Crippen molar-refractivity contribution in [1.82, 2.24) is 0 Å². The van der Waals surface area contributed by atoms with Gasteiger partial charge in [0, 0.05) is 10.9 Å². The van der Waals surface area contributed by atoms with Crippen molar-refractivity contribution in [3.63, 3.8) is 0 Å². The second-order valence-corrected chi connectivity index (χ2v) is 4.36. The number of hydrogen-bond acceptors (Lipinski definition) is 2. The fraction of sp³-hybridized carbons (Fsp3) is 0.385. The fourth-order valence-electron chi connectivity index (χ4n) is 1.40. The lowest BCUT2D eigenvalue weighted by Crippen LogP contribution is -2.06. The Labute approximate surface area is 105 Å². The molecule has 0 heterocycles. The van der Waals surface area contributed by atoms with Crippen molar-refractivity contribution < 1.29 is 4.74 Å². The molecule has 0 bridgehead atoms. The summed E-state index contributed by atoms with van der Waals surface area (Å²) < 4.78 is 6.72. The van der Waals surface area contributed by atoms with E-state index in [-0.39, 0.29) is 0 Å². The summed E-state index contributed by atoms with van der Waals surface area (Å²) >= 11 is 3.44. The van der Waals surface area contributed by atoms with Crippen LogP contribution in [-0.4, -0.2) is 13.2 Å². The van der Waals surface area contributed by atoms with E-state index >= 15 is 0 Å². The molecule has 1 rings (SSSR count). The van der Waals surface area contributed by atoms with E-state index in [0.29, 0.717) is 13.2 Å². The first kappa shape index (κ1) is 13.1. The summed E-state index contributed by atoms with van der Waals surface area (Å²) in [6, 6.07) is 5.98. The summed E-state index contributed by atoms with van der Waals surface area (Å²) in [5, 5.41) is 0. The number of hydrogen-bond donors (Lipinski definition) is 1. The first-order valence-electron chi connectivity index (χ1n) is 5.32. The Morgan fingerprint density at radius 1 is 1.44 bits per heavy atom. The van der Waals surface area contributed by atoms with Crippen molar-refractivity contribution in [1.29, 1.82) is 0 Å². The molecule has 0 radical (unpaired) electrons. The minimum Gasteiger partial charge on any atom is -0.493 e. The largest absolute Gasteiger partial charge is 0.493 e. The van der Waals surface area contributed by atoms with Gasteiger partial charge in [0.2, 0.25) is 0 Å². The number of benzene rings is 1. The summed E-state index contributed by atoms with van der Waals surface area (Å²) in [4.78, 5) is 0. The van der Waals surface area contributed by atoms with Gasteiger partial charge in [0.25, 0.3) is 0 Å². The minimum absolute atomic E-state index is 0.622. The second kappa shape index (κ2) is 7.32. The first-order valence-corrected chi connectivity index (χ1v) is 6.12. The van der Waals surface area contributed by atoms with Crippen LogP contribution < -0.4 is 10.5 Å². The molecular weight excluding hydrogens is 266 g/mol. The molecule has 0 aliphatic carbocycles. The van der Waals surface area contributed by atoms with Gasteiger partial charge in [-0.15, -0.1) is 12.3 Å². The molecule has 86 valence electrons. The van der Waals surface area contributed by atoms with Crippen molar-refractivity contribution >= 4 is 15.9 Å². The van der Waals surface area contributed by atoms with Gasteiger partial charge in [-0.1, -0.05) is 15.9 Å². The van der Waals surface area contributed by atoms with Crippen LogP contribution in [0.1, 0.15) is 18.4 Å². The van der Waals surface area contributed by atoms with Gasteiger partial charge in [-0.25, -0.2) is 0 Å². The van der Waals surface area contributed by atoms with E-state index in [0.717, 1.165) is 35.0 Å². The van der Waals surface area contributed by atoms with Crippen molar-refractivity contribution in [2.75, 3.05) is 13.2 Å². The van der Waals surface area contributed by atoms with E-state index < -0.39 is 0 Å². The molecule has 0 aliphatic heterocycles. The van der Waals surface area contributed by atoms with Gasteiger partial charge in [0.1, 0.15) is 5.75 Å². The topological polar surface area (TPSA) is 35.2 Å². The van der Waals surface area contributed by atoms with Crippen molar-refractivity contribution in [2.24, 2.45) is 5.73 Å². The van der Waals surface area contributed by atoms with E-state index in [1.807, 2.05) is 18.2 Å². The van der Waals surface area contributed by atoms with Gasteiger partial charge in [-0.2, -0.15) is 0 Å². The summed E-state index contributed by atoms with van der Waals surface area (Å²) in [6.45, 7) is 1.28. The maximum Gasteiger partial charge on any atom is 0.122 e. The molecule has 0 saturated heterocycles. The zero-order valence-electron chi connectivity index (χ0n) is 9.21. The molecule has 0 amide bonds. The lowest BCUT2D eigenvalue weighted by Gasteiger charge is -2.10. The number of terminal acetylenes is 1. The smallest absolute Gasteiger partial charge is 0.122 e. The molecule has 2 nitrogen and oxygen atoms in total. The average molecular weight is 282 g/mol. The zero-order chi connectivity index (χ0) is 11.8. The Hall–Kier alpha value is -0.980. The maximum absolute atomic E-state index is 5.67. The zero-order valence-corrected chi connectivity index (χ0v) is 10.8. The van der Waals surface area contributed by atoms with Crippen LogP contribution in [0.25, 0.3) is 0 Å². The molecule has 3 heteroatoms. The van der Waals surface area contributed by atoms with E-state index in [1.54, 1.807) is 0 Å². The number of rotatable bonds is 6. The number of halogens is 1. The number of unbranched alkanes of at least 4 members (excludes halogenated alkanes) is 1. The van der Waals surface area contributed by atoms with Crippen LogP contribution in [0.4, 0.5) is 0 Å². The highest BCUT2D eigenvalue weighted by Gasteiger charge is 2.03.